The molecule has 3 nitrogen and oxygen atoms in total. The fourth-order valence-electron chi connectivity index (χ4n) is 3.32. The Morgan fingerprint density at radius 3 is 2.68 bits per heavy atom. The number of pyridine rings is 1. The largest absolute Gasteiger partial charge is 0.365 e. The molecule has 0 amide bonds. The van der Waals surface area contributed by atoms with E-state index in [-0.39, 0.29) is 0 Å². The van der Waals surface area contributed by atoms with E-state index in [1.165, 1.54) is 39.8 Å². The van der Waals surface area contributed by atoms with Crippen molar-refractivity contribution in [3.8, 4) is 11.3 Å². The summed E-state index contributed by atoms with van der Waals surface area (Å²) in [7, 11) is 1.92. The van der Waals surface area contributed by atoms with Crippen molar-refractivity contribution >= 4 is 27.4 Å². The molecule has 22 heavy (non-hydrogen) atoms. The molecule has 0 atom stereocenters. The smallest absolute Gasteiger partial charge is 0.182 e. The zero-order chi connectivity index (χ0) is 15.3. The van der Waals surface area contributed by atoms with Gasteiger partial charge in [0.15, 0.2) is 5.13 Å². The number of rotatable bonds is 2. The van der Waals surface area contributed by atoms with E-state index in [1.807, 2.05) is 7.05 Å². The second-order valence-corrected chi connectivity index (χ2v) is 6.87. The summed E-state index contributed by atoms with van der Waals surface area (Å²) in [5.41, 5.74) is 8.79. The molecule has 0 bridgehead atoms. The van der Waals surface area contributed by atoms with E-state index in [1.54, 1.807) is 11.3 Å². The molecule has 0 saturated heterocycles. The first-order chi connectivity index (χ1) is 10.7. The molecule has 0 unspecified atom stereocenters. The zero-order valence-corrected chi connectivity index (χ0v) is 14.0. The number of nitrogens with one attached hydrogen (secondary N) is 1. The highest BCUT2D eigenvalue weighted by molar-refractivity contribution is 7.14. The number of thiazole rings is 1. The van der Waals surface area contributed by atoms with Gasteiger partial charge in [-0.3, -0.25) is 4.98 Å². The normalized spacial score (nSPS) is 13.6. The van der Waals surface area contributed by atoms with Gasteiger partial charge in [0.25, 0.3) is 0 Å². The summed E-state index contributed by atoms with van der Waals surface area (Å²) in [5.74, 6) is 0. The third kappa shape index (κ3) is 2.02. The molecule has 0 fully saturated rings. The third-order valence-electron chi connectivity index (χ3n) is 4.60. The summed E-state index contributed by atoms with van der Waals surface area (Å²) in [4.78, 5) is 9.69. The molecule has 4 rings (SSSR count). The number of aromatic nitrogens is 2. The maximum atomic E-state index is 4.93. The maximum Gasteiger partial charge on any atom is 0.182 e. The third-order valence-corrected chi connectivity index (χ3v) is 5.46. The summed E-state index contributed by atoms with van der Waals surface area (Å²) < 4.78 is 0. The lowest BCUT2D eigenvalue weighted by Crippen LogP contribution is -1.97. The number of hydrogen-bond acceptors (Lipinski definition) is 4. The molecule has 112 valence electrons. The van der Waals surface area contributed by atoms with Gasteiger partial charge >= 0.3 is 0 Å². The fraction of sp³-hybridized carbons (Fsp3) is 0.333. The average molecular weight is 309 g/mol. The Kier molecular flexibility index (Phi) is 3.15. The minimum absolute atomic E-state index is 0.968. The Labute approximate surface area is 134 Å². The summed E-state index contributed by atoms with van der Waals surface area (Å²) in [6.45, 7) is 4.33. The van der Waals surface area contributed by atoms with Crippen molar-refractivity contribution in [2.75, 3.05) is 12.4 Å². The molecule has 4 heteroatoms. The van der Waals surface area contributed by atoms with Gasteiger partial charge in [0.1, 0.15) is 0 Å². The Bertz CT molecular complexity index is 880. The van der Waals surface area contributed by atoms with Crippen LogP contribution in [0.3, 0.4) is 0 Å². The summed E-state index contributed by atoms with van der Waals surface area (Å²) in [6.07, 6.45) is 3.41. The van der Waals surface area contributed by atoms with Crippen LogP contribution in [0.2, 0.25) is 0 Å². The van der Waals surface area contributed by atoms with E-state index in [2.05, 4.69) is 36.7 Å². The molecule has 0 saturated carbocycles. The van der Waals surface area contributed by atoms with Gasteiger partial charge in [-0.05, 0) is 61.9 Å². The van der Waals surface area contributed by atoms with E-state index in [0.29, 0.717) is 0 Å². The Morgan fingerprint density at radius 1 is 1.09 bits per heavy atom. The van der Waals surface area contributed by atoms with Crippen molar-refractivity contribution in [3.05, 3.63) is 39.9 Å². The van der Waals surface area contributed by atoms with Crippen LogP contribution in [-0.4, -0.2) is 17.0 Å². The van der Waals surface area contributed by atoms with Crippen molar-refractivity contribution in [2.24, 2.45) is 0 Å². The number of anilines is 1. The van der Waals surface area contributed by atoms with Crippen molar-refractivity contribution in [1.29, 1.82) is 0 Å². The van der Waals surface area contributed by atoms with E-state index in [4.69, 9.17) is 9.97 Å². The van der Waals surface area contributed by atoms with Crippen molar-refractivity contribution in [3.63, 3.8) is 0 Å². The molecule has 1 aliphatic carbocycles. The summed E-state index contributed by atoms with van der Waals surface area (Å²) >= 11 is 1.66. The number of benzene rings is 1. The minimum atomic E-state index is 0.968. The number of fused-ring (bicyclic) bond motifs is 2. The molecule has 0 radical (unpaired) electrons. The SMILES string of the molecule is CNc1nc(-c2c3c(nc4cc(C)c(C)cc24)CCC3)cs1. The monoisotopic (exact) mass is 309 g/mol. The molecule has 0 aliphatic heterocycles. The Hall–Kier alpha value is -1.94. The summed E-state index contributed by atoms with van der Waals surface area (Å²) in [5, 5.41) is 7.52. The second-order valence-electron chi connectivity index (χ2n) is 6.01. The lowest BCUT2D eigenvalue weighted by atomic mass is 9.96. The average Bonchev–Trinajstić information content (AvgIpc) is 3.15. The van der Waals surface area contributed by atoms with Gasteiger partial charge in [-0.15, -0.1) is 11.3 Å². The van der Waals surface area contributed by atoms with Crippen LogP contribution < -0.4 is 5.32 Å². The highest BCUT2D eigenvalue weighted by Crippen LogP contribution is 2.38. The van der Waals surface area contributed by atoms with Gasteiger partial charge in [-0.1, -0.05) is 0 Å². The topological polar surface area (TPSA) is 37.8 Å². The maximum absolute atomic E-state index is 4.93. The molecule has 2 heterocycles. The highest BCUT2D eigenvalue weighted by atomic mass is 32.1. The molecule has 0 spiro atoms. The van der Waals surface area contributed by atoms with Crippen LogP contribution in [-0.2, 0) is 12.8 Å². The van der Waals surface area contributed by atoms with Crippen LogP contribution in [0.15, 0.2) is 17.5 Å². The van der Waals surface area contributed by atoms with Gasteiger partial charge < -0.3 is 5.32 Å². The summed E-state index contributed by atoms with van der Waals surface area (Å²) in [6, 6.07) is 4.50. The zero-order valence-electron chi connectivity index (χ0n) is 13.2. The number of hydrogen-bond donors (Lipinski definition) is 1. The van der Waals surface area contributed by atoms with E-state index >= 15 is 0 Å². The number of aryl methyl sites for hydroxylation is 3. The lowest BCUT2D eigenvalue weighted by Gasteiger charge is -2.12. The van der Waals surface area contributed by atoms with Crippen molar-refractivity contribution in [2.45, 2.75) is 33.1 Å². The second kappa shape index (κ2) is 5.06. The first-order valence-electron chi connectivity index (χ1n) is 7.73. The molecule has 1 aliphatic rings. The van der Waals surface area contributed by atoms with Gasteiger partial charge in [0, 0.05) is 29.1 Å². The molecule has 1 N–H and O–H groups in total. The van der Waals surface area contributed by atoms with Crippen LogP contribution in [0.25, 0.3) is 22.2 Å². The lowest BCUT2D eigenvalue weighted by molar-refractivity contribution is 0.901. The predicted molar refractivity (Wildman–Crippen MR) is 93.9 cm³/mol. The fourth-order valence-corrected chi connectivity index (χ4v) is 3.98. The van der Waals surface area contributed by atoms with Gasteiger partial charge in [0.05, 0.1) is 11.2 Å². The first-order valence-corrected chi connectivity index (χ1v) is 8.61. The van der Waals surface area contributed by atoms with Gasteiger partial charge in [0.2, 0.25) is 0 Å². The molecular weight excluding hydrogens is 290 g/mol. The van der Waals surface area contributed by atoms with Crippen LogP contribution in [0.1, 0.15) is 28.8 Å². The Morgan fingerprint density at radius 2 is 1.91 bits per heavy atom. The van der Waals surface area contributed by atoms with Crippen LogP contribution in [0.4, 0.5) is 5.13 Å². The van der Waals surface area contributed by atoms with Crippen molar-refractivity contribution in [1.82, 2.24) is 9.97 Å². The molecule has 1 aromatic carbocycles. The molecular formula is C18H19N3S. The van der Waals surface area contributed by atoms with Crippen LogP contribution >= 0.6 is 11.3 Å². The quantitative estimate of drug-likeness (QED) is 0.757. The van der Waals surface area contributed by atoms with Crippen LogP contribution in [0.5, 0.6) is 0 Å². The van der Waals surface area contributed by atoms with E-state index in [9.17, 15) is 0 Å². The minimum Gasteiger partial charge on any atom is -0.365 e. The van der Waals surface area contributed by atoms with Gasteiger partial charge in [-0.25, -0.2) is 4.98 Å². The molecule has 3 aromatic rings. The van der Waals surface area contributed by atoms with Crippen molar-refractivity contribution < 1.29 is 0 Å². The first kappa shape index (κ1) is 13.7. The number of nitrogens with zero attached hydrogens (tertiary/aromatic N) is 2. The predicted octanol–water partition coefficient (Wildman–Crippen LogP) is 4.51. The highest BCUT2D eigenvalue weighted by Gasteiger charge is 2.22. The van der Waals surface area contributed by atoms with Crippen LogP contribution in [0, 0.1) is 13.8 Å². The van der Waals surface area contributed by atoms with E-state index < -0.39 is 0 Å². The standard InChI is InChI=1S/C18H19N3S/c1-10-7-13-15(8-11(10)2)20-14-6-4-5-12(14)17(13)16-9-22-18(19-3)21-16/h7-9H,4-6H2,1-3H3,(H,19,21). The van der Waals surface area contributed by atoms with Gasteiger partial charge in [-0.2, -0.15) is 0 Å². The molecule has 2 aromatic heterocycles. The Balaban J connectivity index is 2.08. The van der Waals surface area contributed by atoms with E-state index in [0.717, 1.165) is 29.2 Å².